The number of halogens is 1. The topological polar surface area (TPSA) is 31.4 Å². The highest BCUT2D eigenvalue weighted by atomic mass is 79.9. The van der Waals surface area contributed by atoms with Crippen molar-refractivity contribution in [1.82, 2.24) is 4.98 Å². The third-order valence-corrected chi connectivity index (χ3v) is 3.73. The molecule has 0 aliphatic carbocycles. The van der Waals surface area contributed by atoms with E-state index >= 15 is 0 Å². The van der Waals surface area contributed by atoms with Crippen LogP contribution in [-0.2, 0) is 6.42 Å². The summed E-state index contributed by atoms with van der Waals surface area (Å²) < 4.78 is 11.2. The molecule has 2 heterocycles. The second kappa shape index (κ2) is 4.18. The first-order valence-electron chi connectivity index (χ1n) is 5.50. The van der Waals surface area contributed by atoms with Crippen LogP contribution in [0.4, 0.5) is 0 Å². The Morgan fingerprint density at radius 3 is 3.18 bits per heavy atom. The maximum Gasteiger partial charge on any atom is 0.134 e. The van der Waals surface area contributed by atoms with Crippen LogP contribution in [0.25, 0.3) is 10.9 Å². The fourth-order valence-corrected chi connectivity index (χ4v) is 2.50. The van der Waals surface area contributed by atoms with Crippen molar-refractivity contribution in [1.29, 1.82) is 0 Å². The minimum atomic E-state index is 0.212. The molecule has 2 aromatic rings. The van der Waals surface area contributed by atoms with E-state index in [1.54, 1.807) is 7.11 Å². The number of hydrogen-bond donors (Lipinski definition) is 0. The lowest BCUT2D eigenvalue weighted by molar-refractivity contribution is 0.263. The zero-order valence-corrected chi connectivity index (χ0v) is 11.0. The molecule has 0 saturated carbocycles. The van der Waals surface area contributed by atoms with Crippen LogP contribution in [0.15, 0.2) is 24.4 Å². The molecular formula is C13H12BrNO2. The summed E-state index contributed by atoms with van der Waals surface area (Å²) >= 11 is 3.46. The lowest BCUT2D eigenvalue weighted by Gasteiger charge is -2.08. The Morgan fingerprint density at radius 1 is 1.53 bits per heavy atom. The number of ether oxygens (including phenoxy) is 2. The van der Waals surface area contributed by atoms with Crippen molar-refractivity contribution in [2.24, 2.45) is 0 Å². The molecule has 1 aliphatic rings. The Balaban J connectivity index is 2.18. The third-order valence-electron chi connectivity index (χ3n) is 3.00. The summed E-state index contributed by atoms with van der Waals surface area (Å²) in [6, 6.07) is 5.86. The predicted molar refractivity (Wildman–Crippen MR) is 70.2 cm³/mol. The number of hydrogen-bond acceptors (Lipinski definition) is 3. The summed E-state index contributed by atoms with van der Waals surface area (Å²) in [5.74, 6) is 1.79. The molecule has 3 rings (SSSR count). The molecule has 1 aromatic heterocycles. The Hall–Kier alpha value is -1.29. The van der Waals surface area contributed by atoms with Gasteiger partial charge in [0.25, 0.3) is 0 Å². The fraction of sp³-hybridized carbons (Fsp3) is 0.308. The van der Waals surface area contributed by atoms with E-state index in [-0.39, 0.29) is 6.10 Å². The first kappa shape index (κ1) is 10.8. The van der Waals surface area contributed by atoms with Gasteiger partial charge >= 0.3 is 0 Å². The molecule has 0 bridgehead atoms. The second-order valence-corrected chi connectivity index (χ2v) is 4.74. The van der Waals surface area contributed by atoms with Gasteiger partial charge in [-0.15, -0.1) is 0 Å². The summed E-state index contributed by atoms with van der Waals surface area (Å²) in [6.45, 7) is 0. The zero-order valence-electron chi connectivity index (χ0n) is 9.44. The van der Waals surface area contributed by atoms with Gasteiger partial charge in [0, 0.05) is 28.9 Å². The van der Waals surface area contributed by atoms with Crippen molar-refractivity contribution in [2.75, 3.05) is 12.4 Å². The van der Waals surface area contributed by atoms with Gasteiger partial charge in [0.05, 0.1) is 12.6 Å². The molecule has 3 nitrogen and oxygen atoms in total. The monoisotopic (exact) mass is 293 g/mol. The first-order chi connectivity index (χ1) is 8.31. The van der Waals surface area contributed by atoms with Gasteiger partial charge in [-0.3, -0.25) is 4.98 Å². The molecule has 1 aromatic carbocycles. The van der Waals surface area contributed by atoms with E-state index in [9.17, 15) is 0 Å². The summed E-state index contributed by atoms with van der Waals surface area (Å²) in [5, 5.41) is 1.87. The van der Waals surface area contributed by atoms with Gasteiger partial charge in [-0.2, -0.15) is 0 Å². The Bertz CT molecular complexity index is 571. The highest BCUT2D eigenvalue weighted by molar-refractivity contribution is 9.09. The van der Waals surface area contributed by atoms with E-state index in [4.69, 9.17) is 9.47 Å². The van der Waals surface area contributed by atoms with Gasteiger partial charge in [0.2, 0.25) is 0 Å². The molecule has 4 heteroatoms. The third kappa shape index (κ3) is 1.76. The molecule has 17 heavy (non-hydrogen) atoms. The zero-order chi connectivity index (χ0) is 11.8. The summed E-state index contributed by atoms with van der Waals surface area (Å²) in [4.78, 5) is 4.45. The van der Waals surface area contributed by atoms with Crippen molar-refractivity contribution in [2.45, 2.75) is 12.5 Å². The minimum absolute atomic E-state index is 0.212. The Labute approximate surface area is 108 Å². The van der Waals surface area contributed by atoms with Crippen LogP contribution >= 0.6 is 15.9 Å². The minimum Gasteiger partial charge on any atom is -0.497 e. The molecule has 1 atom stereocenters. The number of pyridine rings is 1. The maximum atomic E-state index is 5.93. The molecule has 1 aliphatic heterocycles. The van der Waals surface area contributed by atoms with Crippen LogP contribution in [-0.4, -0.2) is 23.5 Å². The van der Waals surface area contributed by atoms with Gasteiger partial charge in [-0.1, -0.05) is 15.9 Å². The smallest absolute Gasteiger partial charge is 0.134 e. The lowest BCUT2D eigenvalue weighted by Crippen LogP contribution is -2.13. The number of nitrogens with zero attached hydrogens (tertiary/aromatic N) is 1. The Morgan fingerprint density at radius 2 is 2.41 bits per heavy atom. The summed E-state index contributed by atoms with van der Waals surface area (Å²) in [7, 11) is 1.67. The highest BCUT2D eigenvalue weighted by Gasteiger charge is 2.24. The van der Waals surface area contributed by atoms with Crippen LogP contribution in [0.1, 0.15) is 5.56 Å². The molecule has 0 spiro atoms. The van der Waals surface area contributed by atoms with E-state index in [0.717, 1.165) is 34.2 Å². The van der Waals surface area contributed by atoms with Crippen LogP contribution < -0.4 is 9.47 Å². The molecule has 88 valence electrons. The van der Waals surface area contributed by atoms with Gasteiger partial charge in [-0.25, -0.2) is 0 Å². The first-order valence-corrected chi connectivity index (χ1v) is 6.62. The number of benzene rings is 1. The number of fused-ring (bicyclic) bond motifs is 3. The molecule has 1 unspecified atom stereocenters. The van der Waals surface area contributed by atoms with Gasteiger partial charge in [-0.05, 0) is 18.2 Å². The number of aromatic nitrogens is 1. The highest BCUT2D eigenvalue weighted by Crippen LogP contribution is 2.37. The standard InChI is InChI=1S/C13H12BrNO2/c1-16-9-2-3-12-11(5-9)13-8(7-15-12)4-10(6-14)17-13/h2-3,5,7,10H,4,6H2,1H3. The van der Waals surface area contributed by atoms with Crippen molar-refractivity contribution >= 4 is 26.8 Å². The van der Waals surface area contributed by atoms with Gasteiger partial charge < -0.3 is 9.47 Å². The largest absolute Gasteiger partial charge is 0.497 e. The SMILES string of the molecule is COc1ccc2ncc3c(c2c1)OC(CBr)C3. The van der Waals surface area contributed by atoms with Gasteiger partial charge in [0.1, 0.15) is 17.6 Å². The van der Waals surface area contributed by atoms with E-state index in [2.05, 4.69) is 20.9 Å². The quantitative estimate of drug-likeness (QED) is 0.798. The number of methoxy groups -OCH3 is 1. The maximum absolute atomic E-state index is 5.93. The normalized spacial score (nSPS) is 17.9. The van der Waals surface area contributed by atoms with Crippen molar-refractivity contribution in [3.8, 4) is 11.5 Å². The van der Waals surface area contributed by atoms with Crippen LogP contribution in [0.5, 0.6) is 11.5 Å². The lowest BCUT2D eigenvalue weighted by atomic mass is 10.1. The van der Waals surface area contributed by atoms with E-state index in [1.165, 1.54) is 5.56 Å². The van der Waals surface area contributed by atoms with Crippen molar-refractivity contribution < 1.29 is 9.47 Å². The van der Waals surface area contributed by atoms with Crippen LogP contribution in [0.2, 0.25) is 0 Å². The molecule has 0 radical (unpaired) electrons. The van der Waals surface area contributed by atoms with Crippen molar-refractivity contribution in [3.05, 3.63) is 30.0 Å². The fourth-order valence-electron chi connectivity index (χ4n) is 2.14. The van der Waals surface area contributed by atoms with Crippen LogP contribution in [0.3, 0.4) is 0 Å². The molecule has 0 N–H and O–H groups in total. The average molecular weight is 294 g/mol. The van der Waals surface area contributed by atoms with Gasteiger partial charge in [0.15, 0.2) is 0 Å². The molecule has 0 saturated heterocycles. The van der Waals surface area contributed by atoms with E-state index in [0.29, 0.717) is 0 Å². The van der Waals surface area contributed by atoms with Crippen molar-refractivity contribution in [3.63, 3.8) is 0 Å². The van der Waals surface area contributed by atoms with E-state index in [1.807, 2.05) is 24.4 Å². The Kier molecular flexibility index (Phi) is 2.67. The summed E-state index contributed by atoms with van der Waals surface area (Å²) in [6.07, 6.45) is 3.04. The molecular weight excluding hydrogens is 282 g/mol. The van der Waals surface area contributed by atoms with Crippen LogP contribution in [0, 0.1) is 0 Å². The number of rotatable bonds is 2. The molecule has 0 fully saturated rings. The van der Waals surface area contributed by atoms with E-state index < -0.39 is 0 Å². The average Bonchev–Trinajstić information content (AvgIpc) is 2.81. The summed E-state index contributed by atoms with van der Waals surface area (Å²) in [5.41, 5.74) is 2.12. The second-order valence-electron chi connectivity index (χ2n) is 4.09. The predicted octanol–water partition coefficient (Wildman–Crippen LogP) is 2.94. The number of alkyl halides is 1. The molecule has 0 amide bonds.